The fraction of sp³-hybridized carbons (Fsp3) is 0.333. The number of hydrogen-bond donors (Lipinski definition) is 4. The van der Waals surface area contributed by atoms with Gasteiger partial charge in [0.1, 0.15) is 11.2 Å². The van der Waals surface area contributed by atoms with Gasteiger partial charge in [-0.05, 0) is 17.5 Å². The van der Waals surface area contributed by atoms with E-state index in [1.54, 1.807) is 0 Å². The molecule has 3 N–H and O–H groups in total. The Morgan fingerprint density at radius 3 is 2.94 bits per heavy atom. The maximum atomic E-state index is 10.5. The molecule has 0 spiro atoms. The highest BCUT2D eigenvalue weighted by Gasteiger charge is 2.31. The van der Waals surface area contributed by atoms with Gasteiger partial charge in [-0.3, -0.25) is 5.32 Å². The molecule has 0 unspecified atom stereocenters. The summed E-state index contributed by atoms with van der Waals surface area (Å²) in [6.45, 7) is 0.277. The van der Waals surface area contributed by atoms with Gasteiger partial charge in [-0.2, -0.15) is 0 Å². The Labute approximate surface area is 100 Å². The van der Waals surface area contributed by atoms with E-state index in [0.717, 1.165) is 11.1 Å². The molecule has 2 atom stereocenters. The molecule has 1 aromatic rings. The lowest BCUT2D eigenvalue weighted by molar-refractivity contribution is 0.0290. The minimum atomic E-state index is -0.963. The van der Waals surface area contributed by atoms with Crippen LogP contribution in [0.3, 0.4) is 0 Å². The van der Waals surface area contributed by atoms with Gasteiger partial charge in [0, 0.05) is 6.54 Å². The van der Waals surface area contributed by atoms with Crippen LogP contribution in [0.2, 0.25) is 0 Å². The van der Waals surface area contributed by atoms with Crippen LogP contribution in [0.25, 0.3) is 6.08 Å². The zero-order valence-corrected chi connectivity index (χ0v) is 9.69. The van der Waals surface area contributed by atoms with Crippen molar-refractivity contribution in [1.29, 1.82) is 0 Å². The van der Waals surface area contributed by atoms with Crippen LogP contribution in [0.5, 0.6) is 0 Å². The van der Waals surface area contributed by atoms with E-state index in [9.17, 15) is 5.11 Å². The zero-order valence-electron chi connectivity index (χ0n) is 8.80. The Balaban J connectivity index is 2.26. The number of rotatable bonds is 3. The Hall–Kier alpha value is -0.810. The van der Waals surface area contributed by atoms with Crippen molar-refractivity contribution in [3.63, 3.8) is 0 Å². The maximum absolute atomic E-state index is 10.5. The first kappa shape index (κ1) is 11.7. The number of thiol groups is 1. The first-order chi connectivity index (χ1) is 7.62. The highest BCUT2D eigenvalue weighted by atomic mass is 32.1. The molecule has 0 bridgehead atoms. The van der Waals surface area contributed by atoms with E-state index in [2.05, 4.69) is 17.9 Å². The second kappa shape index (κ2) is 4.59. The lowest BCUT2D eigenvalue weighted by Crippen LogP contribution is -2.41. The second-order valence-corrected chi connectivity index (χ2v) is 4.47. The molecule has 0 saturated carbocycles. The molecule has 4 heteroatoms. The largest absolute Gasteiger partial charge is 0.383 e. The van der Waals surface area contributed by atoms with Crippen LogP contribution in [-0.2, 0) is 5.60 Å². The molecule has 0 aliphatic heterocycles. The number of benzene rings is 1. The topological polar surface area (TPSA) is 52.5 Å². The molecule has 0 fully saturated rings. The zero-order chi connectivity index (χ0) is 11.6. The number of nitrogens with one attached hydrogen (secondary N) is 1. The van der Waals surface area contributed by atoms with Crippen LogP contribution in [0, 0.1) is 0 Å². The molecule has 0 amide bonds. The molecular formula is C12H15NO2S. The Morgan fingerprint density at radius 1 is 1.44 bits per heavy atom. The monoisotopic (exact) mass is 237 g/mol. The first-order valence-corrected chi connectivity index (χ1v) is 5.71. The fourth-order valence-electron chi connectivity index (χ4n) is 1.98. The standard InChI is InChI=1S/C12H15NO2S/c14-11(16)13-8-12(15)7-3-5-9-4-1-2-6-10(9)12/h1-6,11,13-16H,7-8H2/t11-,12+/m1/s1. The van der Waals surface area contributed by atoms with Gasteiger partial charge in [0.15, 0.2) is 0 Å². The van der Waals surface area contributed by atoms with Crippen LogP contribution in [0.15, 0.2) is 30.3 Å². The van der Waals surface area contributed by atoms with Crippen molar-refractivity contribution in [2.24, 2.45) is 0 Å². The number of hydrogen-bond acceptors (Lipinski definition) is 4. The molecule has 0 heterocycles. The summed E-state index contributed by atoms with van der Waals surface area (Å²) in [4.78, 5) is 0. The normalized spacial score (nSPS) is 25.2. The molecule has 2 rings (SSSR count). The minimum absolute atomic E-state index is 0.277. The van der Waals surface area contributed by atoms with Gasteiger partial charge < -0.3 is 10.2 Å². The van der Waals surface area contributed by atoms with Crippen molar-refractivity contribution in [3.8, 4) is 0 Å². The van der Waals surface area contributed by atoms with Crippen LogP contribution < -0.4 is 5.32 Å². The van der Waals surface area contributed by atoms with Crippen LogP contribution in [0.4, 0.5) is 0 Å². The SMILES string of the molecule is O[C@H](S)NC[C@@]1(O)CC=Cc2ccccc21. The summed E-state index contributed by atoms with van der Waals surface area (Å²) in [5, 5.41) is 22.3. The molecule has 1 aromatic carbocycles. The van der Waals surface area contributed by atoms with Gasteiger partial charge in [-0.1, -0.05) is 36.4 Å². The predicted octanol–water partition coefficient (Wildman–Crippen LogP) is 1.09. The van der Waals surface area contributed by atoms with E-state index in [4.69, 9.17) is 5.11 Å². The molecule has 1 aliphatic rings. The Morgan fingerprint density at radius 2 is 2.19 bits per heavy atom. The van der Waals surface area contributed by atoms with Crippen LogP contribution in [-0.4, -0.2) is 22.3 Å². The summed E-state index contributed by atoms with van der Waals surface area (Å²) in [6.07, 6.45) is 4.48. The quantitative estimate of drug-likeness (QED) is 0.470. The molecule has 0 aromatic heterocycles. The van der Waals surface area contributed by atoms with Crippen LogP contribution >= 0.6 is 12.6 Å². The van der Waals surface area contributed by atoms with Gasteiger partial charge in [0.05, 0.1) is 0 Å². The number of aliphatic hydroxyl groups excluding tert-OH is 1. The summed E-state index contributed by atoms with van der Waals surface area (Å²) in [7, 11) is 0. The minimum Gasteiger partial charge on any atom is -0.383 e. The summed E-state index contributed by atoms with van der Waals surface area (Å²) in [5.74, 6) is 0. The van der Waals surface area contributed by atoms with E-state index in [1.165, 1.54) is 0 Å². The van der Waals surface area contributed by atoms with Crippen molar-refractivity contribution >= 4 is 18.7 Å². The van der Waals surface area contributed by atoms with E-state index in [0.29, 0.717) is 6.42 Å². The average molecular weight is 237 g/mol. The third-order valence-electron chi connectivity index (χ3n) is 2.79. The van der Waals surface area contributed by atoms with E-state index >= 15 is 0 Å². The van der Waals surface area contributed by atoms with Crippen LogP contribution in [0.1, 0.15) is 17.5 Å². The first-order valence-electron chi connectivity index (χ1n) is 5.20. The molecule has 0 saturated heterocycles. The highest BCUT2D eigenvalue weighted by molar-refractivity contribution is 7.80. The van der Waals surface area contributed by atoms with Gasteiger partial charge >= 0.3 is 0 Å². The average Bonchev–Trinajstić information content (AvgIpc) is 2.27. The molecule has 1 aliphatic carbocycles. The summed E-state index contributed by atoms with van der Waals surface area (Å²) in [6, 6.07) is 7.72. The molecule has 16 heavy (non-hydrogen) atoms. The maximum Gasteiger partial charge on any atom is 0.150 e. The van der Waals surface area contributed by atoms with E-state index in [-0.39, 0.29) is 6.54 Å². The molecule has 3 nitrogen and oxygen atoms in total. The van der Waals surface area contributed by atoms with Gasteiger partial charge in [0.2, 0.25) is 0 Å². The van der Waals surface area contributed by atoms with Gasteiger partial charge in [-0.15, -0.1) is 12.6 Å². The van der Waals surface area contributed by atoms with Crippen molar-refractivity contribution in [2.45, 2.75) is 17.6 Å². The number of aliphatic hydroxyl groups is 2. The predicted molar refractivity (Wildman–Crippen MR) is 67.0 cm³/mol. The second-order valence-electron chi connectivity index (χ2n) is 3.98. The van der Waals surface area contributed by atoms with Crippen molar-refractivity contribution in [1.82, 2.24) is 5.32 Å². The summed E-state index contributed by atoms with van der Waals surface area (Å²) < 4.78 is 0. The van der Waals surface area contributed by atoms with Gasteiger partial charge in [-0.25, -0.2) is 0 Å². The van der Waals surface area contributed by atoms with E-state index in [1.807, 2.05) is 36.4 Å². The smallest absolute Gasteiger partial charge is 0.150 e. The third kappa shape index (κ3) is 2.30. The molecule has 86 valence electrons. The van der Waals surface area contributed by atoms with E-state index < -0.39 is 11.2 Å². The molecular weight excluding hydrogens is 222 g/mol. The van der Waals surface area contributed by atoms with Crippen molar-refractivity contribution in [2.75, 3.05) is 6.54 Å². The van der Waals surface area contributed by atoms with Crippen molar-refractivity contribution < 1.29 is 10.2 Å². The van der Waals surface area contributed by atoms with Gasteiger partial charge in [0.25, 0.3) is 0 Å². The number of fused-ring (bicyclic) bond motifs is 1. The van der Waals surface area contributed by atoms with Crippen molar-refractivity contribution in [3.05, 3.63) is 41.5 Å². The summed E-state index contributed by atoms with van der Waals surface area (Å²) >= 11 is 3.82. The lowest BCUT2D eigenvalue weighted by atomic mass is 9.83. The molecule has 0 radical (unpaired) electrons. The third-order valence-corrected chi connectivity index (χ3v) is 2.97. The Bertz CT molecular complexity index is 406. The summed E-state index contributed by atoms with van der Waals surface area (Å²) in [5.41, 5.74) is 0.0301. The Kier molecular flexibility index (Phi) is 3.35. The fourth-order valence-corrected chi connectivity index (χ4v) is 2.08. The lowest BCUT2D eigenvalue weighted by Gasteiger charge is -2.32. The highest BCUT2D eigenvalue weighted by Crippen LogP contribution is 2.32.